The molecule has 238 valence electrons. The van der Waals surface area contributed by atoms with Crippen molar-refractivity contribution in [3.63, 3.8) is 0 Å². The maximum Gasteiger partial charge on any atom is 0.151 e. The van der Waals surface area contributed by atoms with Gasteiger partial charge >= 0.3 is 0 Å². The highest BCUT2D eigenvalue weighted by Gasteiger charge is 2.51. The molecule has 8 fully saturated rings. The highest BCUT2D eigenvalue weighted by molar-refractivity contribution is 7.15. The lowest BCUT2D eigenvalue weighted by Crippen LogP contribution is -2.58. The predicted octanol–water partition coefficient (Wildman–Crippen LogP) is 8.64. The number of hydrogen-bond donors (Lipinski definition) is 2. The van der Waals surface area contributed by atoms with Crippen molar-refractivity contribution in [2.45, 2.75) is 101 Å². The first kappa shape index (κ1) is 28.2. The summed E-state index contributed by atoms with van der Waals surface area (Å²) in [4.78, 5) is 10.9. The molecule has 1 aromatic carbocycles. The standard InChI is InChI=1S/C39H45N5OS/c1-2-30(12-31(3-1)36-22-41-37(46-36)23-43-39-17-27-9-28(18-39)11-29(10-27)19-39)34-5-4-32(20-40-34)35-13-33(45-44-35)21-42-38-14-24-6-25(15-38)8-26(7-24)16-38/h1-5,12-13,20,22,24-29,42-43H,6-11,14-19,21,23H2. The van der Waals surface area contributed by atoms with Gasteiger partial charge in [0.2, 0.25) is 0 Å². The van der Waals surface area contributed by atoms with Crippen LogP contribution in [0.3, 0.4) is 0 Å². The average Bonchev–Trinajstić information content (AvgIpc) is 3.73. The van der Waals surface area contributed by atoms with Gasteiger partial charge in [0.05, 0.1) is 17.1 Å². The lowest BCUT2D eigenvalue weighted by atomic mass is 9.53. The van der Waals surface area contributed by atoms with Gasteiger partial charge in [0.25, 0.3) is 0 Å². The second-order valence-electron chi connectivity index (χ2n) is 16.4. The van der Waals surface area contributed by atoms with Crippen molar-refractivity contribution in [3.05, 3.63) is 65.6 Å². The molecule has 12 rings (SSSR count). The van der Waals surface area contributed by atoms with Crippen molar-refractivity contribution in [3.8, 4) is 33.0 Å². The summed E-state index contributed by atoms with van der Waals surface area (Å²) in [6, 6.07) is 15.0. The molecule has 0 atom stereocenters. The van der Waals surface area contributed by atoms with Crippen molar-refractivity contribution in [2.24, 2.45) is 35.5 Å². The zero-order valence-electron chi connectivity index (χ0n) is 26.7. The Bertz CT molecular complexity index is 1670. The van der Waals surface area contributed by atoms with Gasteiger partial charge in [-0.15, -0.1) is 11.3 Å². The minimum Gasteiger partial charge on any atom is -0.359 e. The minimum absolute atomic E-state index is 0.325. The molecule has 0 aliphatic heterocycles. The molecule has 3 aromatic heterocycles. The van der Waals surface area contributed by atoms with Gasteiger partial charge in [-0.05, 0) is 136 Å². The maximum absolute atomic E-state index is 5.79. The summed E-state index contributed by atoms with van der Waals surface area (Å²) in [5.74, 6) is 6.61. The molecule has 0 amide bonds. The summed E-state index contributed by atoms with van der Waals surface area (Å²) in [6.07, 6.45) is 21.0. The molecule has 0 saturated heterocycles. The first-order chi connectivity index (χ1) is 22.5. The fourth-order valence-electron chi connectivity index (χ4n) is 11.8. The Hall–Kier alpha value is -2.87. The number of benzene rings is 1. The second-order valence-corrected chi connectivity index (χ2v) is 17.5. The Balaban J connectivity index is 0.788. The van der Waals surface area contributed by atoms with Crippen LogP contribution in [0.2, 0.25) is 0 Å². The van der Waals surface area contributed by atoms with Crippen LogP contribution in [-0.4, -0.2) is 26.2 Å². The predicted molar refractivity (Wildman–Crippen MR) is 182 cm³/mol. The molecule has 0 radical (unpaired) electrons. The maximum atomic E-state index is 5.79. The molecule has 0 spiro atoms. The lowest BCUT2D eigenvalue weighted by molar-refractivity contribution is -0.0215. The molecule has 8 saturated carbocycles. The van der Waals surface area contributed by atoms with Crippen molar-refractivity contribution < 1.29 is 4.52 Å². The summed E-state index contributed by atoms with van der Waals surface area (Å²) < 4.78 is 5.79. The van der Waals surface area contributed by atoms with Crippen LogP contribution in [0.4, 0.5) is 0 Å². The summed E-state index contributed by atoms with van der Waals surface area (Å²) in [6.45, 7) is 1.65. The van der Waals surface area contributed by atoms with Crippen LogP contribution in [0.15, 0.2) is 59.4 Å². The van der Waals surface area contributed by atoms with Gasteiger partial charge in [-0.2, -0.15) is 0 Å². The molecule has 7 heteroatoms. The lowest BCUT2D eigenvalue weighted by Gasteiger charge is -2.57. The van der Waals surface area contributed by atoms with E-state index in [2.05, 4.69) is 64.5 Å². The quantitative estimate of drug-likeness (QED) is 0.193. The average molecular weight is 632 g/mol. The Labute approximate surface area is 276 Å². The SMILES string of the molecule is c1cc(-c2ccc(-c3cc(CNC45CC6CC(CC(C6)C4)C5)on3)cn2)cc(-c2cnc(CNC34CC5CC(CC(C5)C3)C4)s2)c1. The highest BCUT2D eigenvalue weighted by Crippen LogP contribution is 2.57. The Morgan fingerprint density at radius 2 is 1.24 bits per heavy atom. The first-order valence-electron chi connectivity index (χ1n) is 18.0. The molecular formula is C39H45N5OS. The molecule has 4 aromatic rings. The van der Waals surface area contributed by atoms with E-state index in [4.69, 9.17) is 14.5 Å². The zero-order valence-corrected chi connectivity index (χ0v) is 27.5. The summed E-state index contributed by atoms with van der Waals surface area (Å²) in [5, 5.41) is 13.6. The number of thiazole rings is 1. The topological polar surface area (TPSA) is 75.9 Å². The molecule has 8 aliphatic rings. The normalized spacial score (nSPS) is 35.3. The van der Waals surface area contributed by atoms with E-state index in [0.29, 0.717) is 11.1 Å². The smallest absolute Gasteiger partial charge is 0.151 e. The fourth-order valence-corrected chi connectivity index (χ4v) is 12.7. The van der Waals surface area contributed by atoms with Crippen molar-refractivity contribution in [1.29, 1.82) is 0 Å². The summed E-state index contributed by atoms with van der Waals surface area (Å²) >= 11 is 1.82. The van der Waals surface area contributed by atoms with Crippen LogP contribution < -0.4 is 10.6 Å². The Kier molecular flexibility index (Phi) is 6.63. The first-order valence-corrected chi connectivity index (χ1v) is 18.8. The molecule has 46 heavy (non-hydrogen) atoms. The Morgan fingerprint density at radius 1 is 0.630 bits per heavy atom. The third-order valence-corrected chi connectivity index (χ3v) is 14.0. The van der Waals surface area contributed by atoms with Crippen LogP contribution in [0.5, 0.6) is 0 Å². The van der Waals surface area contributed by atoms with Gasteiger partial charge in [-0.1, -0.05) is 23.4 Å². The van der Waals surface area contributed by atoms with Crippen molar-refractivity contribution in [2.75, 3.05) is 0 Å². The second kappa shape index (κ2) is 10.8. The van der Waals surface area contributed by atoms with Gasteiger partial charge in [0.15, 0.2) is 5.76 Å². The van der Waals surface area contributed by atoms with E-state index in [1.165, 1.54) is 92.5 Å². The largest absolute Gasteiger partial charge is 0.359 e. The van der Waals surface area contributed by atoms with Gasteiger partial charge in [0.1, 0.15) is 10.7 Å². The highest BCUT2D eigenvalue weighted by atomic mass is 32.1. The van der Waals surface area contributed by atoms with Crippen LogP contribution >= 0.6 is 11.3 Å². The molecule has 6 nitrogen and oxygen atoms in total. The molecule has 2 N–H and O–H groups in total. The van der Waals surface area contributed by atoms with Crippen LogP contribution in [0.25, 0.3) is 33.0 Å². The molecule has 3 heterocycles. The van der Waals surface area contributed by atoms with Gasteiger partial charge in [0, 0.05) is 47.2 Å². The number of nitrogens with zero attached hydrogens (tertiary/aromatic N) is 3. The summed E-state index contributed by atoms with van der Waals surface area (Å²) in [5.41, 5.74) is 5.83. The van der Waals surface area contributed by atoms with E-state index in [1.54, 1.807) is 0 Å². The molecular weight excluding hydrogens is 587 g/mol. The van der Waals surface area contributed by atoms with E-state index >= 15 is 0 Å². The number of nitrogens with one attached hydrogen (secondary N) is 2. The van der Waals surface area contributed by atoms with Gasteiger partial charge in [-0.3, -0.25) is 4.98 Å². The number of pyridine rings is 1. The molecule has 8 aliphatic carbocycles. The van der Waals surface area contributed by atoms with Crippen LogP contribution in [0, 0.1) is 35.5 Å². The number of hydrogen-bond acceptors (Lipinski definition) is 7. The third-order valence-electron chi connectivity index (χ3n) is 12.9. The van der Waals surface area contributed by atoms with Gasteiger partial charge in [-0.25, -0.2) is 4.98 Å². The van der Waals surface area contributed by atoms with Crippen molar-refractivity contribution in [1.82, 2.24) is 25.8 Å². The van der Waals surface area contributed by atoms with E-state index < -0.39 is 0 Å². The van der Waals surface area contributed by atoms with Gasteiger partial charge < -0.3 is 15.2 Å². The summed E-state index contributed by atoms with van der Waals surface area (Å²) in [7, 11) is 0. The number of aromatic nitrogens is 3. The third kappa shape index (κ3) is 5.18. The van der Waals surface area contributed by atoms with E-state index in [0.717, 1.165) is 76.9 Å². The van der Waals surface area contributed by atoms with E-state index in [-0.39, 0.29) is 0 Å². The van der Waals surface area contributed by atoms with Crippen LogP contribution in [0.1, 0.15) is 87.8 Å². The van der Waals surface area contributed by atoms with Crippen LogP contribution in [-0.2, 0) is 13.1 Å². The van der Waals surface area contributed by atoms with E-state index in [1.807, 2.05) is 17.5 Å². The molecule has 8 bridgehead atoms. The monoisotopic (exact) mass is 631 g/mol. The zero-order chi connectivity index (χ0) is 30.3. The fraction of sp³-hybridized carbons (Fsp3) is 0.564. The van der Waals surface area contributed by atoms with Crippen molar-refractivity contribution >= 4 is 11.3 Å². The number of rotatable bonds is 9. The minimum atomic E-state index is 0.325. The Morgan fingerprint density at radius 3 is 1.85 bits per heavy atom. The van der Waals surface area contributed by atoms with E-state index in [9.17, 15) is 0 Å². The molecule has 0 unspecified atom stereocenters.